The largest absolute Gasteiger partial charge is 0.310 e. The van der Waals surface area contributed by atoms with E-state index in [4.69, 9.17) is 0 Å². The SMILES string of the molecule is c1ccc2sc(CNCCC3CCC3)nc2c1. The molecule has 0 amide bonds. The van der Waals surface area contributed by atoms with Gasteiger partial charge in [0.1, 0.15) is 5.01 Å². The number of nitrogens with one attached hydrogen (secondary N) is 1. The molecule has 2 aromatic rings. The van der Waals surface area contributed by atoms with Crippen molar-refractivity contribution in [3.63, 3.8) is 0 Å². The highest BCUT2D eigenvalue weighted by atomic mass is 32.1. The van der Waals surface area contributed by atoms with Crippen molar-refractivity contribution >= 4 is 21.6 Å². The van der Waals surface area contributed by atoms with E-state index in [0.29, 0.717) is 0 Å². The first kappa shape index (κ1) is 11.2. The maximum Gasteiger partial charge on any atom is 0.108 e. The Labute approximate surface area is 106 Å². The number of nitrogens with zero attached hydrogens (tertiary/aromatic N) is 1. The van der Waals surface area contributed by atoms with Crippen LogP contribution >= 0.6 is 11.3 Å². The Bertz CT molecular complexity index is 455. The summed E-state index contributed by atoms with van der Waals surface area (Å²) in [4.78, 5) is 4.62. The molecule has 0 unspecified atom stereocenters. The molecule has 1 aromatic heterocycles. The van der Waals surface area contributed by atoms with Crippen LogP contribution in [0.25, 0.3) is 10.2 Å². The van der Waals surface area contributed by atoms with E-state index in [2.05, 4.69) is 34.6 Å². The van der Waals surface area contributed by atoms with Crippen molar-refractivity contribution in [1.82, 2.24) is 10.3 Å². The van der Waals surface area contributed by atoms with E-state index in [1.807, 2.05) is 0 Å². The molecule has 90 valence electrons. The molecule has 1 N–H and O–H groups in total. The zero-order valence-corrected chi connectivity index (χ0v) is 10.8. The summed E-state index contributed by atoms with van der Waals surface area (Å²) in [6.45, 7) is 2.06. The van der Waals surface area contributed by atoms with Crippen molar-refractivity contribution in [2.75, 3.05) is 6.54 Å². The van der Waals surface area contributed by atoms with Gasteiger partial charge in [0.15, 0.2) is 0 Å². The van der Waals surface area contributed by atoms with Crippen LogP contribution in [0.1, 0.15) is 30.7 Å². The molecule has 0 atom stereocenters. The summed E-state index contributed by atoms with van der Waals surface area (Å²) in [5, 5.41) is 4.72. The zero-order valence-electron chi connectivity index (χ0n) is 9.98. The lowest BCUT2D eigenvalue weighted by atomic mass is 9.83. The molecule has 3 heteroatoms. The van der Waals surface area contributed by atoms with E-state index < -0.39 is 0 Å². The second-order valence-corrected chi connectivity index (χ2v) is 5.95. The summed E-state index contributed by atoms with van der Waals surface area (Å²) in [5.41, 5.74) is 1.13. The topological polar surface area (TPSA) is 24.9 Å². The first-order chi connectivity index (χ1) is 8.42. The molecule has 1 saturated carbocycles. The van der Waals surface area contributed by atoms with E-state index >= 15 is 0 Å². The van der Waals surface area contributed by atoms with Gasteiger partial charge < -0.3 is 5.32 Å². The van der Waals surface area contributed by atoms with Crippen molar-refractivity contribution in [2.45, 2.75) is 32.2 Å². The Hall–Kier alpha value is -0.930. The lowest BCUT2D eigenvalue weighted by Crippen LogP contribution is -2.20. The Morgan fingerprint density at radius 3 is 2.94 bits per heavy atom. The molecule has 0 aliphatic heterocycles. The van der Waals surface area contributed by atoms with Crippen LogP contribution in [0.5, 0.6) is 0 Å². The van der Waals surface area contributed by atoms with Crippen molar-refractivity contribution < 1.29 is 0 Å². The fourth-order valence-electron chi connectivity index (χ4n) is 2.28. The number of benzene rings is 1. The number of para-hydroxylation sites is 1. The first-order valence-electron chi connectivity index (χ1n) is 6.47. The highest BCUT2D eigenvalue weighted by Gasteiger charge is 2.16. The molecular formula is C14H18N2S. The van der Waals surface area contributed by atoms with Crippen LogP contribution in [0, 0.1) is 5.92 Å². The van der Waals surface area contributed by atoms with Crippen LogP contribution in [0.3, 0.4) is 0 Å². The van der Waals surface area contributed by atoms with Gasteiger partial charge in [-0.05, 0) is 31.0 Å². The first-order valence-corrected chi connectivity index (χ1v) is 7.28. The summed E-state index contributed by atoms with van der Waals surface area (Å²) in [6.07, 6.45) is 5.68. The van der Waals surface area contributed by atoms with Crippen LogP contribution in [0.15, 0.2) is 24.3 Å². The average Bonchev–Trinajstić information content (AvgIpc) is 2.68. The highest BCUT2D eigenvalue weighted by Crippen LogP contribution is 2.28. The molecule has 1 heterocycles. The molecule has 1 aliphatic rings. The van der Waals surface area contributed by atoms with E-state index in [-0.39, 0.29) is 0 Å². The van der Waals surface area contributed by atoms with Crippen molar-refractivity contribution in [3.05, 3.63) is 29.3 Å². The minimum absolute atomic E-state index is 0.923. The molecule has 1 aromatic carbocycles. The summed E-state index contributed by atoms with van der Waals surface area (Å²) < 4.78 is 1.29. The summed E-state index contributed by atoms with van der Waals surface area (Å²) in [5.74, 6) is 0.998. The van der Waals surface area contributed by atoms with Gasteiger partial charge in [-0.15, -0.1) is 11.3 Å². The Balaban J connectivity index is 1.50. The molecule has 1 aliphatic carbocycles. The second kappa shape index (κ2) is 5.15. The zero-order chi connectivity index (χ0) is 11.5. The smallest absolute Gasteiger partial charge is 0.108 e. The third kappa shape index (κ3) is 2.67. The summed E-state index contributed by atoms with van der Waals surface area (Å²) >= 11 is 1.80. The van der Waals surface area contributed by atoms with Gasteiger partial charge in [0.05, 0.1) is 10.2 Å². The summed E-state index contributed by atoms with van der Waals surface area (Å²) in [7, 11) is 0. The van der Waals surface area contributed by atoms with Crippen LogP contribution in [-0.4, -0.2) is 11.5 Å². The van der Waals surface area contributed by atoms with E-state index in [1.54, 1.807) is 11.3 Å². The predicted molar refractivity (Wildman–Crippen MR) is 73.3 cm³/mol. The Morgan fingerprint density at radius 1 is 1.29 bits per heavy atom. The quantitative estimate of drug-likeness (QED) is 0.816. The lowest BCUT2D eigenvalue weighted by molar-refractivity contribution is 0.292. The molecule has 1 fully saturated rings. The standard InChI is InChI=1S/C14H18N2S/c1-2-7-13-12(6-1)16-14(17-13)10-15-9-8-11-4-3-5-11/h1-2,6-7,11,15H,3-5,8-10H2. The van der Waals surface area contributed by atoms with Crippen LogP contribution in [-0.2, 0) is 6.54 Å². The van der Waals surface area contributed by atoms with E-state index in [0.717, 1.165) is 24.5 Å². The van der Waals surface area contributed by atoms with Crippen molar-refractivity contribution in [2.24, 2.45) is 5.92 Å². The number of thiazole rings is 1. The molecule has 0 radical (unpaired) electrons. The maximum atomic E-state index is 4.62. The van der Waals surface area contributed by atoms with E-state index in [1.165, 1.54) is 35.4 Å². The fraction of sp³-hybridized carbons (Fsp3) is 0.500. The Kier molecular flexibility index (Phi) is 3.39. The van der Waals surface area contributed by atoms with Crippen LogP contribution < -0.4 is 5.32 Å². The molecule has 0 spiro atoms. The van der Waals surface area contributed by atoms with Gasteiger partial charge in [-0.25, -0.2) is 4.98 Å². The van der Waals surface area contributed by atoms with E-state index in [9.17, 15) is 0 Å². The van der Waals surface area contributed by atoms with Crippen molar-refractivity contribution in [3.8, 4) is 0 Å². The number of rotatable bonds is 5. The average molecular weight is 246 g/mol. The number of hydrogen-bond acceptors (Lipinski definition) is 3. The van der Waals surface area contributed by atoms with Gasteiger partial charge in [-0.2, -0.15) is 0 Å². The highest BCUT2D eigenvalue weighted by molar-refractivity contribution is 7.18. The third-order valence-corrected chi connectivity index (χ3v) is 4.60. The minimum Gasteiger partial charge on any atom is -0.310 e. The van der Waals surface area contributed by atoms with Gasteiger partial charge in [-0.1, -0.05) is 31.4 Å². The minimum atomic E-state index is 0.923. The monoisotopic (exact) mass is 246 g/mol. The van der Waals surface area contributed by atoms with Gasteiger partial charge >= 0.3 is 0 Å². The number of aromatic nitrogens is 1. The molecule has 0 bridgehead atoms. The molecule has 0 saturated heterocycles. The van der Waals surface area contributed by atoms with Gasteiger partial charge in [-0.3, -0.25) is 0 Å². The second-order valence-electron chi connectivity index (χ2n) is 4.84. The maximum absolute atomic E-state index is 4.62. The third-order valence-electron chi connectivity index (χ3n) is 3.57. The van der Waals surface area contributed by atoms with Gasteiger partial charge in [0.25, 0.3) is 0 Å². The predicted octanol–water partition coefficient (Wildman–Crippen LogP) is 3.58. The number of hydrogen-bond donors (Lipinski definition) is 1. The van der Waals surface area contributed by atoms with Crippen molar-refractivity contribution in [1.29, 1.82) is 0 Å². The fourth-order valence-corrected chi connectivity index (χ4v) is 3.22. The lowest BCUT2D eigenvalue weighted by Gasteiger charge is -2.25. The molecule has 3 rings (SSSR count). The number of fused-ring (bicyclic) bond motifs is 1. The summed E-state index contributed by atoms with van der Waals surface area (Å²) in [6, 6.07) is 8.36. The van der Waals surface area contributed by atoms with Gasteiger partial charge in [0, 0.05) is 6.54 Å². The Morgan fingerprint density at radius 2 is 2.18 bits per heavy atom. The molecular weight excluding hydrogens is 228 g/mol. The van der Waals surface area contributed by atoms with Crippen LogP contribution in [0.4, 0.5) is 0 Å². The molecule has 2 nitrogen and oxygen atoms in total. The van der Waals surface area contributed by atoms with Crippen LogP contribution in [0.2, 0.25) is 0 Å². The molecule has 17 heavy (non-hydrogen) atoms. The normalized spacial score (nSPS) is 16.2. The van der Waals surface area contributed by atoms with Gasteiger partial charge in [0.2, 0.25) is 0 Å².